The highest BCUT2D eigenvalue weighted by molar-refractivity contribution is 9.10. The molecule has 3 nitrogen and oxygen atoms in total. The van der Waals surface area contributed by atoms with E-state index in [0.717, 1.165) is 16.7 Å². The average molecular weight is 228 g/mol. The zero-order valence-electron chi connectivity index (χ0n) is 6.63. The molecule has 64 valence electrons. The Bertz CT molecular complexity index is 271. The van der Waals surface area contributed by atoms with Gasteiger partial charge in [0, 0.05) is 4.47 Å². The molecular weight excluding hydrogens is 218 g/mol. The minimum absolute atomic E-state index is 0.412. The van der Waals surface area contributed by atoms with Gasteiger partial charge in [0.2, 0.25) is 0 Å². The summed E-state index contributed by atoms with van der Waals surface area (Å²) in [7, 11) is 0. The second kappa shape index (κ2) is 3.49. The summed E-state index contributed by atoms with van der Waals surface area (Å²) in [5, 5.41) is 11.3. The number of aromatic nitrogens is 2. The summed E-state index contributed by atoms with van der Waals surface area (Å²) < 4.78 is 1.00. The molecule has 2 heterocycles. The van der Waals surface area contributed by atoms with Crippen molar-refractivity contribution in [3.8, 4) is 0 Å². The summed E-state index contributed by atoms with van der Waals surface area (Å²) in [6.45, 7) is 1.10. The summed E-state index contributed by atoms with van der Waals surface area (Å²) >= 11 is 3.38. The Kier molecular flexibility index (Phi) is 2.37. The van der Waals surface area contributed by atoms with Gasteiger partial charge in [-0.2, -0.15) is 10.2 Å². The van der Waals surface area contributed by atoms with E-state index in [9.17, 15) is 0 Å². The molecule has 0 bridgehead atoms. The van der Waals surface area contributed by atoms with E-state index in [2.05, 4.69) is 31.4 Å². The predicted molar refractivity (Wildman–Crippen MR) is 49.7 cm³/mol. The molecule has 2 rings (SSSR count). The normalized spacial score (nSPS) is 22.9. The van der Waals surface area contributed by atoms with Crippen molar-refractivity contribution in [1.82, 2.24) is 15.5 Å². The van der Waals surface area contributed by atoms with Crippen LogP contribution in [0.3, 0.4) is 0 Å². The molecule has 1 fully saturated rings. The largest absolute Gasteiger partial charge is 0.309 e. The molecule has 0 saturated carbocycles. The number of nitrogens with zero attached hydrogens (tertiary/aromatic N) is 2. The van der Waals surface area contributed by atoms with Gasteiger partial charge in [0.15, 0.2) is 0 Å². The van der Waals surface area contributed by atoms with Gasteiger partial charge >= 0.3 is 0 Å². The first kappa shape index (κ1) is 8.13. The Balaban J connectivity index is 2.21. The smallest absolute Gasteiger partial charge is 0.0811 e. The Labute approximate surface area is 79.7 Å². The first-order valence-electron chi connectivity index (χ1n) is 4.08. The Morgan fingerprint density at radius 3 is 3.17 bits per heavy atom. The molecule has 1 aliphatic rings. The third kappa shape index (κ3) is 1.64. The standard InChI is InChI=1S/C8H10BrN3/c9-6-4-8(12-11-5-6)7-2-1-3-10-7/h4-5,7,10H,1-3H2. The van der Waals surface area contributed by atoms with Gasteiger partial charge in [-0.05, 0) is 41.4 Å². The fourth-order valence-corrected chi connectivity index (χ4v) is 1.79. The molecule has 1 atom stereocenters. The van der Waals surface area contributed by atoms with Crippen LogP contribution in [0, 0.1) is 0 Å². The first-order valence-corrected chi connectivity index (χ1v) is 4.87. The van der Waals surface area contributed by atoms with Gasteiger partial charge in [-0.3, -0.25) is 0 Å². The maximum absolute atomic E-state index is 4.08. The van der Waals surface area contributed by atoms with E-state index in [-0.39, 0.29) is 0 Å². The van der Waals surface area contributed by atoms with Crippen LogP contribution >= 0.6 is 15.9 Å². The van der Waals surface area contributed by atoms with Crippen LogP contribution in [-0.2, 0) is 0 Å². The summed E-state index contributed by atoms with van der Waals surface area (Å²) in [4.78, 5) is 0. The fourth-order valence-electron chi connectivity index (χ4n) is 1.47. The monoisotopic (exact) mass is 227 g/mol. The van der Waals surface area contributed by atoms with E-state index in [1.54, 1.807) is 6.20 Å². The molecule has 1 aromatic rings. The van der Waals surface area contributed by atoms with Crippen LogP contribution in [0.1, 0.15) is 24.6 Å². The minimum Gasteiger partial charge on any atom is -0.309 e. The highest BCUT2D eigenvalue weighted by atomic mass is 79.9. The molecule has 1 aliphatic heterocycles. The molecule has 1 unspecified atom stereocenters. The second-order valence-electron chi connectivity index (χ2n) is 2.95. The molecule has 1 aromatic heterocycles. The van der Waals surface area contributed by atoms with Crippen molar-refractivity contribution < 1.29 is 0 Å². The molecule has 12 heavy (non-hydrogen) atoms. The lowest BCUT2D eigenvalue weighted by Gasteiger charge is -2.07. The van der Waals surface area contributed by atoms with Crippen LogP contribution in [0.25, 0.3) is 0 Å². The maximum atomic E-state index is 4.08. The third-order valence-electron chi connectivity index (χ3n) is 2.06. The molecule has 4 heteroatoms. The number of hydrogen-bond acceptors (Lipinski definition) is 3. The Morgan fingerprint density at radius 2 is 2.50 bits per heavy atom. The minimum atomic E-state index is 0.412. The summed E-state index contributed by atoms with van der Waals surface area (Å²) in [6, 6.07) is 2.44. The Morgan fingerprint density at radius 1 is 1.58 bits per heavy atom. The van der Waals surface area contributed by atoms with Gasteiger partial charge in [0.25, 0.3) is 0 Å². The van der Waals surface area contributed by atoms with Crippen LogP contribution in [0.15, 0.2) is 16.7 Å². The van der Waals surface area contributed by atoms with Crippen molar-refractivity contribution in [3.05, 3.63) is 22.4 Å². The topological polar surface area (TPSA) is 37.8 Å². The lowest BCUT2D eigenvalue weighted by Crippen LogP contribution is -2.14. The predicted octanol–water partition coefficient (Wildman–Crippen LogP) is 1.66. The summed E-state index contributed by atoms with van der Waals surface area (Å²) in [5.41, 5.74) is 1.04. The highest BCUT2D eigenvalue weighted by Gasteiger charge is 2.17. The SMILES string of the molecule is Brc1cnnc(C2CCCN2)c1. The molecule has 1 N–H and O–H groups in total. The number of rotatable bonds is 1. The van der Waals surface area contributed by atoms with Gasteiger partial charge in [-0.1, -0.05) is 0 Å². The quantitative estimate of drug-likeness (QED) is 0.794. The second-order valence-corrected chi connectivity index (χ2v) is 3.86. The lowest BCUT2D eigenvalue weighted by molar-refractivity contribution is 0.615. The third-order valence-corrected chi connectivity index (χ3v) is 2.49. The fraction of sp³-hybridized carbons (Fsp3) is 0.500. The van der Waals surface area contributed by atoms with Crippen molar-refractivity contribution >= 4 is 15.9 Å². The molecule has 1 saturated heterocycles. The van der Waals surface area contributed by atoms with Crippen LogP contribution in [0.2, 0.25) is 0 Å². The van der Waals surface area contributed by atoms with Crippen molar-refractivity contribution in [3.63, 3.8) is 0 Å². The van der Waals surface area contributed by atoms with Gasteiger partial charge in [-0.15, -0.1) is 0 Å². The zero-order valence-corrected chi connectivity index (χ0v) is 8.21. The highest BCUT2D eigenvalue weighted by Crippen LogP contribution is 2.22. The molecule has 0 radical (unpaired) electrons. The van der Waals surface area contributed by atoms with Gasteiger partial charge in [0.05, 0.1) is 17.9 Å². The molecule has 0 amide bonds. The number of nitrogens with one attached hydrogen (secondary N) is 1. The van der Waals surface area contributed by atoms with E-state index < -0.39 is 0 Å². The van der Waals surface area contributed by atoms with Crippen LogP contribution in [-0.4, -0.2) is 16.7 Å². The number of halogens is 1. The van der Waals surface area contributed by atoms with Crippen molar-refractivity contribution in [2.45, 2.75) is 18.9 Å². The number of hydrogen-bond donors (Lipinski definition) is 1. The van der Waals surface area contributed by atoms with E-state index in [0.29, 0.717) is 6.04 Å². The molecular formula is C8H10BrN3. The average Bonchev–Trinajstić information content (AvgIpc) is 2.56. The van der Waals surface area contributed by atoms with Crippen LogP contribution in [0.5, 0.6) is 0 Å². The van der Waals surface area contributed by atoms with E-state index in [1.165, 1.54) is 12.8 Å². The van der Waals surface area contributed by atoms with E-state index in [4.69, 9.17) is 0 Å². The summed E-state index contributed by atoms with van der Waals surface area (Å²) in [6.07, 6.45) is 4.11. The first-order chi connectivity index (χ1) is 5.86. The van der Waals surface area contributed by atoms with Crippen molar-refractivity contribution in [2.75, 3.05) is 6.54 Å². The van der Waals surface area contributed by atoms with E-state index in [1.807, 2.05) is 6.07 Å². The van der Waals surface area contributed by atoms with Crippen molar-refractivity contribution in [1.29, 1.82) is 0 Å². The van der Waals surface area contributed by atoms with Gasteiger partial charge in [0.1, 0.15) is 0 Å². The Hall–Kier alpha value is -0.480. The molecule has 0 aromatic carbocycles. The molecule has 0 spiro atoms. The lowest BCUT2D eigenvalue weighted by atomic mass is 10.1. The van der Waals surface area contributed by atoms with Gasteiger partial charge in [-0.25, -0.2) is 0 Å². The van der Waals surface area contributed by atoms with Crippen LogP contribution < -0.4 is 5.32 Å². The van der Waals surface area contributed by atoms with Crippen LogP contribution in [0.4, 0.5) is 0 Å². The zero-order chi connectivity index (χ0) is 8.39. The summed E-state index contributed by atoms with van der Waals surface area (Å²) in [5.74, 6) is 0. The van der Waals surface area contributed by atoms with Crippen molar-refractivity contribution in [2.24, 2.45) is 0 Å². The maximum Gasteiger partial charge on any atom is 0.0811 e. The van der Waals surface area contributed by atoms with Gasteiger partial charge < -0.3 is 5.32 Å². The van der Waals surface area contributed by atoms with E-state index >= 15 is 0 Å². The molecule has 0 aliphatic carbocycles.